The van der Waals surface area contributed by atoms with Gasteiger partial charge in [0.25, 0.3) is 5.69 Å². The fraction of sp³-hybridized carbons (Fsp3) is 0.500. The summed E-state index contributed by atoms with van der Waals surface area (Å²) >= 11 is 0. The lowest BCUT2D eigenvalue weighted by atomic mass is 10.3. The average Bonchev–Trinajstić information content (AvgIpc) is 2.43. The van der Waals surface area contributed by atoms with Crippen molar-refractivity contribution in [2.75, 3.05) is 25.5 Å². The zero-order chi connectivity index (χ0) is 16.2. The number of hydrogen-bond acceptors (Lipinski definition) is 6. The van der Waals surface area contributed by atoms with Crippen molar-refractivity contribution in [2.24, 2.45) is 0 Å². The molecule has 1 aromatic carbocycles. The van der Waals surface area contributed by atoms with E-state index in [0.29, 0.717) is 0 Å². The van der Waals surface area contributed by atoms with Crippen LogP contribution in [0, 0.1) is 10.1 Å². The molecule has 0 heterocycles. The zero-order valence-corrected chi connectivity index (χ0v) is 12.9. The van der Waals surface area contributed by atoms with Crippen molar-refractivity contribution >= 4 is 21.4 Å². The van der Waals surface area contributed by atoms with Crippen LogP contribution in [0.25, 0.3) is 0 Å². The molecule has 0 aliphatic rings. The molecule has 1 rings (SSSR count). The van der Waals surface area contributed by atoms with Crippen LogP contribution in [0.2, 0.25) is 0 Å². The first-order valence-electron chi connectivity index (χ1n) is 6.34. The summed E-state index contributed by atoms with van der Waals surface area (Å²) in [7, 11) is -2.37. The topological polar surface area (TPSA) is 113 Å². The van der Waals surface area contributed by atoms with Crippen LogP contribution >= 0.6 is 0 Å². The molecular formula is C12H19N3O5S. The van der Waals surface area contributed by atoms with Crippen molar-refractivity contribution in [3.63, 3.8) is 0 Å². The third-order valence-corrected chi connectivity index (χ3v) is 5.06. The number of nitrogens with zero attached hydrogens (tertiary/aromatic N) is 2. The lowest BCUT2D eigenvalue weighted by Gasteiger charge is -2.26. The number of hydrogen-bond donors (Lipinski definition) is 2. The molecule has 0 saturated heterocycles. The standard InChI is InChI=1S/C12H19N3O5S/c1-9(2)14(6-7-16)21(19,20)12-5-4-10(15(17)18)8-11(12)13-3/h4-5,8-9,13,16H,6-7H2,1-3H3. The zero-order valence-electron chi connectivity index (χ0n) is 12.1. The second-order valence-corrected chi connectivity index (χ2v) is 6.48. The van der Waals surface area contributed by atoms with Gasteiger partial charge in [-0.15, -0.1) is 0 Å². The van der Waals surface area contributed by atoms with E-state index < -0.39 is 14.9 Å². The van der Waals surface area contributed by atoms with Gasteiger partial charge < -0.3 is 10.4 Å². The summed E-state index contributed by atoms with van der Waals surface area (Å²) in [6, 6.07) is 3.17. The van der Waals surface area contributed by atoms with Crippen LogP contribution in [0.4, 0.5) is 11.4 Å². The maximum atomic E-state index is 12.6. The number of non-ortho nitro benzene ring substituents is 1. The van der Waals surface area contributed by atoms with E-state index >= 15 is 0 Å². The molecule has 8 nitrogen and oxygen atoms in total. The lowest BCUT2D eigenvalue weighted by Crippen LogP contribution is -2.39. The molecule has 0 aliphatic carbocycles. The predicted octanol–water partition coefficient (Wildman–Crippen LogP) is 1.03. The number of sulfonamides is 1. The van der Waals surface area contributed by atoms with Gasteiger partial charge in [-0.3, -0.25) is 10.1 Å². The van der Waals surface area contributed by atoms with Crippen molar-refractivity contribution in [3.8, 4) is 0 Å². The Morgan fingerprint density at radius 3 is 2.48 bits per heavy atom. The molecule has 0 aliphatic heterocycles. The van der Waals surface area contributed by atoms with Crippen molar-refractivity contribution < 1.29 is 18.4 Å². The van der Waals surface area contributed by atoms with Gasteiger partial charge >= 0.3 is 0 Å². The maximum Gasteiger partial charge on any atom is 0.271 e. The number of anilines is 1. The lowest BCUT2D eigenvalue weighted by molar-refractivity contribution is -0.384. The van der Waals surface area contributed by atoms with Crippen LogP contribution in [0.5, 0.6) is 0 Å². The second kappa shape index (κ2) is 6.83. The van der Waals surface area contributed by atoms with E-state index in [9.17, 15) is 18.5 Å². The molecule has 0 aromatic heterocycles. The van der Waals surface area contributed by atoms with Gasteiger partial charge in [0.15, 0.2) is 0 Å². The van der Waals surface area contributed by atoms with Crippen molar-refractivity contribution in [1.82, 2.24) is 4.31 Å². The van der Waals surface area contributed by atoms with Crippen LogP contribution in [0.15, 0.2) is 23.1 Å². The van der Waals surface area contributed by atoms with E-state index in [4.69, 9.17) is 5.11 Å². The maximum absolute atomic E-state index is 12.6. The van der Waals surface area contributed by atoms with Gasteiger partial charge in [0.1, 0.15) is 4.90 Å². The summed E-state index contributed by atoms with van der Waals surface area (Å²) in [5, 5.41) is 22.4. The average molecular weight is 317 g/mol. The van der Waals surface area contributed by atoms with Gasteiger partial charge in [0.2, 0.25) is 10.0 Å². The number of nitro benzene ring substituents is 1. The van der Waals surface area contributed by atoms with Gasteiger partial charge in [0, 0.05) is 31.8 Å². The summed E-state index contributed by atoms with van der Waals surface area (Å²) < 4.78 is 26.4. The molecule has 0 fully saturated rings. The summed E-state index contributed by atoms with van der Waals surface area (Å²) in [6.45, 7) is 3.04. The predicted molar refractivity (Wildman–Crippen MR) is 78.8 cm³/mol. The molecule has 2 N–H and O–H groups in total. The first kappa shape index (κ1) is 17.3. The van der Waals surface area contributed by atoms with Gasteiger partial charge in [-0.2, -0.15) is 4.31 Å². The monoisotopic (exact) mass is 317 g/mol. The molecule has 0 saturated carbocycles. The quantitative estimate of drug-likeness (QED) is 0.573. The molecule has 1 aromatic rings. The Kier molecular flexibility index (Phi) is 5.64. The normalized spacial score (nSPS) is 11.9. The van der Waals surface area contributed by atoms with E-state index in [1.807, 2.05) is 0 Å². The van der Waals surface area contributed by atoms with Crippen LogP contribution in [0.3, 0.4) is 0 Å². The fourth-order valence-corrected chi connectivity index (χ4v) is 3.74. The Morgan fingerprint density at radius 2 is 2.05 bits per heavy atom. The van der Waals surface area contributed by atoms with Crippen molar-refractivity contribution in [1.29, 1.82) is 0 Å². The number of aliphatic hydroxyl groups is 1. The van der Waals surface area contributed by atoms with Gasteiger partial charge in [0.05, 0.1) is 17.2 Å². The fourth-order valence-electron chi connectivity index (χ4n) is 1.93. The molecule has 21 heavy (non-hydrogen) atoms. The number of nitro groups is 1. The highest BCUT2D eigenvalue weighted by Crippen LogP contribution is 2.29. The van der Waals surface area contributed by atoms with Gasteiger partial charge in [-0.05, 0) is 19.9 Å². The molecule has 0 amide bonds. The van der Waals surface area contributed by atoms with Crippen LogP contribution in [-0.4, -0.2) is 49.0 Å². The minimum atomic E-state index is -3.86. The number of nitrogens with one attached hydrogen (secondary N) is 1. The van der Waals surface area contributed by atoms with E-state index in [2.05, 4.69) is 5.32 Å². The van der Waals surface area contributed by atoms with Gasteiger partial charge in [-0.1, -0.05) is 0 Å². The van der Waals surface area contributed by atoms with E-state index in [-0.39, 0.29) is 35.5 Å². The molecule has 0 atom stereocenters. The van der Waals surface area contributed by atoms with E-state index in [0.717, 1.165) is 10.4 Å². The SMILES string of the molecule is CNc1cc([N+](=O)[O-])ccc1S(=O)(=O)N(CCO)C(C)C. The second-order valence-electron chi connectivity index (χ2n) is 4.62. The Hall–Kier alpha value is -1.71. The van der Waals surface area contributed by atoms with Crippen LogP contribution in [-0.2, 0) is 10.0 Å². The van der Waals surface area contributed by atoms with Gasteiger partial charge in [-0.25, -0.2) is 8.42 Å². The molecule has 0 spiro atoms. The molecule has 0 unspecified atom stereocenters. The Labute approximate surface area is 123 Å². The summed E-state index contributed by atoms with van der Waals surface area (Å²) in [5.41, 5.74) is -0.0515. The Morgan fingerprint density at radius 1 is 1.43 bits per heavy atom. The van der Waals surface area contributed by atoms with Crippen molar-refractivity contribution in [3.05, 3.63) is 28.3 Å². The van der Waals surface area contributed by atoms with Crippen LogP contribution < -0.4 is 5.32 Å². The first-order valence-corrected chi connectivity index (χ1v) is 7.78. The smallest absolute Gasteiger partial charge is 0.271 e. The highest BCUT2D eigenvalue weighted by atomic mass is 32.2. The minimum Gasteiger partial charge on any atom is -0.395 e. The number of rotatable bonds is 7. The third kappa shape index (κ3) is 3.69. The summed E-state index contributed by atoms with van der Waals surface area (Å²) in [4.78, 5) is 10.1. The first-order chi connectivity index (χ1) is 9.75. The van der Waals surface area contributed by atoms with Crippen molar-refractivity contribution in [2.45, 2.75) is 24.8 Å². The Bertz CT molecular complexity index is 615. The highest BCUT2D eigenvalue weighted by molar-refractivity contribution is 7.89. The number of aliphatic hydroxyl groups excluding tert-OH is 1. The summed E-state index contributed by atoms with van der Waals surface area (Å²) in [6.07, 6.45) is 0. The third-order valence-electron chi connectivity index (χ3n) is 2.93. The Balaban J connectivity index is 3.39. The molecule has 0 bridgehead atoms. The minimum absolute atomic E-state index is 0.0415. The largest absolute Gasteiger partial charge is 0.395 e. The number of benzene rings is 1. The molecular weight excluding hydrogens is 298 g/mol. The van der Waals surface area contributed by atoms with E-state index in [1.165, 1.54) is 19.2 Å². The molecule has 9 heteroatoms. The molecule has 118 valence electrons. The van der Waals surface area contributed by atoms with E-state index in [1.54, 1.807) is 13.8 Å². The molecule has 0 radical (unpaired) electrons. The summed E-state index contributed by atoms with van der Waals surface area (Å²) in [5.74, 6) is 0. The van der Waals surface area contributed by atoms with Crippen LogP contribution in [0.1, 0.15) is 13.8 Å². The highest BCUT2D eigenvalue weighted by Gasteiger charge is 2.29.